The average molecular weight is 416 g/mol. The first-order chi connectivity index (χ1) is 15.0. The normalized spacial score (nSPS) is 10.3. The number of amides is 1. The van der Waals surface area contributed by atoms with E-state index in [9.17, 15) is 4.79 Å². The van der Waals surface area contributed by atoms with Gasteiger partial charge in [-0.2, -0.15) is 0 Å². The minimum Gasteiger partial charge on any atom is -0.493 e. The molecule has 31 heavy (non-hydrogen) atoms. The molecule has 0 aliphatic heterocycles. The molecule has 0 unspecified atom stereocenters. The zero-order valence-corrected chi connectivity index (χ0v) is 18.6. The van der Waals surface area contributed by atoms with E-state index >= 15 is 0 Å². The molecule has 0 spiro atoms. The van der Waals surface area contributed by atoms with Gasteiger partial charge in [-0.15, -0.1) is 0 Å². The van der Waals surface area contributed by atoms with E-state index in [1.54, 1.807) is 20.3 Å². The third-order valence-electron chi connectivity index (χ3n) is 5.16. The molecular weight excluding hydrogens is 386 g/mol. The van der Waals surface area contributed by atoms with E-state index in [0.29, 0.717) is 24.5 Å². The molecule has 1 N–H and O–H groups in total. The van der Waals surface area contributed by atoms with Crippen molar-refractivity contribution in [1.29, 1.82) is 0 Å². The SMILES string of the molecule is COc1ccc(CCNC(=O)C=C(c2ccc(C)cc2)c2ccc(C)cc2)cc1OC. The molecule has 3 aromatic rings. The van der Waals surface area contributed by atoms with Crippen molar-refractivity contribution in [2.45, 2.75) is 20.3 Å². The molecule has 0 saturated heterocycles. The predicted octanol–water partition coefficient (Wildman–Crippen LogP) is 5.11. The Balaban J connectivity index is 1.73. The van der Waals surface area contributed by atoms with E-state index in [1.807, 2.05) is 18.2 Å². The van der Waals surface area contributed by atoms with Gasteiger partial charge in [0.2, 0.25) is 5.91 Å². The highest BCUT2D eigenvalue weighted by atomic mass is 16.5. The molecule has 0 heterocycles. The van der Waals surface area contributed by atoms with Gasteiger partial charge in [-0.25, -0.2) is 0 Å². The van der Waals surface area contributed by atoms with Crippen LogP contribution in [-0.2, 0) is 11.2 Å². The monoisotopic (exact) mass is 415 g/mol. The van der Waals surface area contributed by atoms with Crippen molar-refractivity contribution in [2.24, 2.45) is 0 Å². The van der Waals surface area contributed by atoms with E-state index in [-0.39, 0.29) is 5.91 Å². The first-order valence-corrected chi connectivity index (χ1v) is 10.3. The summed E-state index contributed by atoms with van der Waals surface area (Å²) >= 11 is 0. The highest BCUT2D eigenvalue weighted by Gasteiger charge is 2.09. The summed E-state index contributed by atoms with van der Waals surface area (Å²) in [6.07, 6.45) is 2.38. The second-order valence-corrected chi connectivity index (χ2v) is 7.52. The topological polar surface area (TPSA) is 47.6 Å². The second-order valence-electron chi connectivity index (χ2n) is 7.52. The molecule has 0 aliphatic rings. The average Bonchev–Trinajstić information content (AvgIpc) is 2.78. The quantitative estimate of drug-likeness (QED) is 0.520. The van der Waals surface area contributed by atoms with E-state index < -0.39 is 0 Å². The number of hydrogen-bond donors (Lipinski definition) is 1. The van der Waals surface area contributed by atoms with Gasteiger partial charge >= 0.3 is 0 Å². The summed E-state index contributed by atoms with van der Waals surface area (Å²) in [5.41, 5.74) is 6.38. The van der Waals surface area contributed by atoms with Crippen LogP contribution < -0.4 is 14.8 Å². The minimum absolute atomic E-state index is 0.114. The highest BCUT2D eigenvalue weighted by molar-refractivity contribution is 5.99. The number of nitrogens with one attached hydrogen (secondary N) is 1. The van der Waals surface area contributed by atoms with Gasteiger partial charge in [-0.3, -0.25) is 4.79 Å². The molecule has 0 atom stereocenters. The lowest BCUT2D eigenvalue weighted by atomic mass is 9.96. The van der Waals surface area contributed by atoms with Crippen LogP contribution in [0.2, 0.25) is 0 Å². The smallest absolute Gasteiger partial charge is 0.244 e. The first-order valence-electron chi connectivity index (χ1n) is 10.3. The number of carbonyl (C=O) groups is 1. The van der Waals surface area contributed by atoms with E-state index in [2.05, 4.69) is 67.7 Å². The van der Waals surface area contributed by atoms with E-state index in [4.69, 9.17) is 9.47 Å². The third kappa shape index (κ3) is 5.98. The summed E-state index contributed by atoms with van der Waals surface area (Å²) in [6, 6.07) is 22.3. The number of carbonyl (C=O) groups excluding carboxylic acids is 1. The first kappa shape index (κ1) is 22.2. The van der Waals surface area contributed by atoms with Crippen LogP contribution in [-0.4, -0.2) is 26.7 Å². The molecule has 4 heteroatoms. The predicted molar refractivity (Wildman–Crippen MR) is 126 cm³/mol. The molecule has 3 aromatic carbocycles. The summed E-state index contributed by atoms with van der Waals surface area (Å²) in [5.74, 6) is 1.27. The number of hydrogen-bond acceptors (Lipinski definition) is 3. The van der Waals surface area contributed by atoms with Crippen molar-refractivity contribution in [2.75, 3.05) is 20.8 Å². The fraction of sp³-hybridized carbons (Fsp3) is 0.222. The Hall–Kier alpha value is -3.53. The Bertz CT molecular complexity index is 1000. The molecule has 0 saturated carbocycles. The van der Waals surface area contributed by atoms with Crippen molar-refractivity contribution < 1.29 is 14.3 Å². The van der Waals surface area contributed by atoms with Gasteiger partial charge in [0.25, 0.3) is 0 Å². The van der Waals surface area contributed by atoms with Gasteiger partial charge in [-0.05, 0) is 54.7 Å². The molecule has 0 fully saturated rings. The summed E-state index contributed by atoms with van der Waals surface area (Å²) in [7, 11) is 3.23. The lowest BCUT2D eigenvalue weighted by Gasteiger charge is -2.11. The van der Waals surface area contributed by atoms with Crippen molar-refractivity contribution >= 4 is 11.5 Å². The fourth-order valence-corrected chi connectivity index (χ4v) is 3.35. The lowest BCUT2D eigenvalue weighted by molar-refractivity contribution is -0.116. The maximum Gasteiger partial charge on any atom is 0.244 e. The van der Waals surface area contributed by atoms with Crippen molar-refractivity contribution in [1.82, 2.24) is 5.32 Å². The van der Waals surface area contributed by atoms with E-state index in [0.717, 1.165) is 22.3 Å². The zero-order valence-electron chi connectivity index (χ0n) is 18.6. The third-order valence-corrected chi connectivity index (χ3v) is 5.16. The van der Waals surface area contributed by atoms with Gasteiger partial charge in [-0.1, -0.05) is 65.7 Å². The van der Waals surface area contributed by atoms with Crippen molar-refractivity contribution in [3.63, 3.8) is 0 Å². The molecule has 0 aromatic heterocycles. The molecule has 1 amide bonds. The van der Waals surface area contributed by atoms with Gasteiger partial charge < -0.3 is 14.8 Å². The second kappa shape index (κ2) is 10.5. The number of aryl methyl sites for hydroxylation is 2. The van der Waals surface area contributed by atoms with Crippen LogP contribution in [0.5, 0.6) is 11.5 Å². The number of ether oxygens (including phenoxy) is 2. The fourth-order valence-electron chi connectivity index (χ4n) is 3.35. The van der Waals surface area contributed by atoms with Crippen LogP contribution in [0.15, 0.2) is 72.8 Å². The van der Waals surface area contributed by atoms with Crippen molar-refractivity contribution in [3.8, 4) is 11.5 Å². The Morgan fingerprint density at radius 2 is 1.35 bits per heavy atom. The summed E-state index contributed by atoms with van der Waals surface area (Å²) < 4.78 is 10.6. The minimum atomic E-state index is -0.114. The van der Waals surface area contributed by atoms with Gasteiger partial charge in [0.15, 0.2) is 11.5 Å². The Morgan fingerprint density at radius 3 is 1.87 bits per heavy atom. The van der Waals surface area contributed by atoms with Crippen LogP contribution in [0.3, 0.4) is 0 Å². The Kier molecular flexibility index (Phi) is 7.50. The largest absolute Gasteiger partial charge is 0.493 e. The van der Waals surface area contributed by atoms with Gasteiger partial charge in [0, 0.05) is 12.6 Å². The highest BCUT2D eigenvalue weighted by Crippen LogP contribution is 2.27. The molecule has 0 aliphatic carbocycles. The van der Waals surface area contributed by atoms with Gasteiger partial charge in [0.1, 0.15) is 0 Å². The molecule has 160 valence electrons. The standard InChI is InChI=1S/C27H29NO3/c1-19-5-10-22(11-6-19)24(23-12-7-20(2)8-13-23)18-27(29)28-16-15-21-9-14-25(30-3)26(17-21)31-4/h5-14,17-18H,15-16H2,1-4H3,(H,28,29). The maximum absolute atomic E-state index is 12.7. The Labute approximate surface area is 184 Å². The van der Waals surface area contributed by atoms with Crippen LogP contribution >= 0.6 is 0 Å². The molecular formula is C27H29NO3. The molecule has 0 radical (unpaired) electrons. The number of rotatable bonds is 8. The maximum atomic E-state index is 12.7. The van der Waals surface area contributed by atoms with Crippen molar-refractivity contribution in [3.05, 3.63) is 101 Å². The zero-order chi connectivity index (χ0) is 22.2. The van der Waals surface area contributed by atoms with E-state index in [1.165, 1.54) is 11.1 Å². The van der Waals surface area contributed by atoms with Gasteiger partial charge in [0.05, 0.1) is 14.2 Å². The number of methoxy groups -OCH3 is 2. The van der Waals surface area contributed by atoms with Crippen LogP contribution in [0.25, 0.3) is 5.57 Å². The summed E-state index contributed by atoms with van der Waals surface area (Å²) in [5, 5.41) is 3.00. The van der Waals surface area contributed by atoms with Crippen LogP contribution in [0.4, 0.5) is 0 Å². The Morgan fingerprint density at radius 1 is 0.806 bits per heavy atom. The van der Waals surface area contributed by atoms with Crippen LogP contribution in [0.1, 0.15) is 27.8 Å². The summed E-state index contributed by atoms with van der Waals surface area (Å²) in [6.45, 7) is 4.64. The molecule has 0 bridgehead atoms. The number of benzene rings is 3. The lowest BCUT2D eigenvalue weighted by Crippen LogP contribution is -2.24. The molecule has 4 nitrogen and oxygen atoms in total. The molecule has 3 rings (SSSR count). The van der Waals surface area contributed by atoms with Crippen LogP contribution in [0, 0.1) is 13.8 Å². The summed E-state index contributed by atoms with van der Waals surface area (Å²) in [4.78, 5) is 12.7.